The molecule has 1 aromatic carbocycles. The standard InChI is InChI=1S/C18H28FNO/c1-5-18(2,3)13-6-11-16(20-4)17(12-13)21-15-9-7-14(19)8-10-15/h7-10,13,16-17,20H,5-6,11-12H2,1-4H3. The molecule has 0 bridgehead atoms. The summed E-state index contributed by atoms with van der Waals surface area (Å²) in [6, 6.07) is 6.73. The molecule has 3 atom stereocenters. The highest BCUT2D eigenvalue weighted by atomic mass is 19.1. The molecule has 1 aliphatic carbocycles. The van der Waals surface area contributed by atoms with Gasteiger partial charge in [0.15, 0.2) is 0 Å². The molecule has 1 saturated carbocycles. The van der Waals surface area contributed by atoms with E-state index in [1.54, 1.807) is 12.1 Å². The van der Waals surface area contributed by atoms with Crippen LogP contribution in [0.4, 0.5) is 4.39 Å². The SMILES string of the molecule is CCC(C)(C)C1CCC(NC)C(Oc2ccc(F)cc2)C1. The second-order valence-corrected chi connectivity index (χ2v) is 6.86. The first-order chi connectivity index (χ1) is 9.96. The number of hydrogen-bond donors (Lipinski definition) is 1. The number of hydrogen-bond acceptors (Lipinski definition) is 2. The van der Waals surface area contributed by atoms with E-state index >= 15 is 0 Å². The van der Waals surface area contributed by atoms with Gasteiger partial charge in [0.25, 0.3) is 0 Å². The Morgan fingerprint density at radius 2 is 1.90 bits per heavy atom. The summed E-state index contributed by atoms with van der Waals surface area (Å²) in [5.74, 6) is 1.22. The Bertz CT molecular complexity index is 443. The summed E-state index contributed by atoms with van der Waals surface area (Å²) in [4.78, 5) is 0. The average Bonchev–Trinajstić information content (AvgIpc) is 2.49. The number of nitrogens with one attached hydrogen (secondary N) is 1. The molecule has 1 aliphatic rings. The molecule has 0 heterocycles. The predicted octanol–water partition coefficient (Wildman–Crippen LogP) is 4.40. The van der Waals surface area contributed by atoms with Crippen molar-refractivity contribution in [2.75, 3.05) is 7.05 Å². The summed E-state index contributed by atoms with van der Waals surface area (Å²) in [5, 5.41) is 3.38. The van der Waals surface area contributed by atoms with Crippen molar-refractivity contribution in [3.8, 4) is 5.75 Å². The summed E-state index contributed by atoms with van der Waals surface area (Å²) >= 11 is 0. The molecule has 118 valence electrons. The van der Waals surface area contributed by atoms with E-state index in [1.165, 1.54) is 25.0 Å². The molecular formula is C18H28FNO. The van der Waals surface area contributed by atoms with Crippen molar-refractivity contribution in [2.45, 2.75) is 58.6 Å². The third-order valence-electron chi connectivity index (χ3n) is 5.28. The van der Waals surface area contributed by atoms with Gasteiger partial charge >= 0.3 is 0 Å². The number of benzene rings is 1. The molecule has 1 aromatic rings. The van der Waals surface area contributed by atoms with Crippen LogP contribution >= 0.6 is 0 Å². The second-order valence-electron chi connectivity index (χ2n) is 6.86. The molecule has 0 amide bonds. The third kappa shape index (κ3) is 3.97. The lowest BCUT2D eigenvalue weighted by Crippen LogP contribution is -2.48. The van der Waals surface area contributed by atoms with E-state index in [0.717, 1.165) is 18.6 Å². The molecule has 0 aliphatic heterocycles. The molecule has 2 nitrogen and oxygen atoms in total. The maximum absolute atomic E-state index is 13.0. The molecule has 21 heavy (non-hydrogen) atoms. The van der Waals surface area contributed by atoms with Crippen molar-refractivity contribution in [1.82, 2.24) is 5.32 Å². The van der Waals surface area contributed by atoms with Crippen molar-refractivity contribution in [3.63, 3.8) is 0 Å². The summed E-state index contributed by atoms with van der Waals surface area (Å²) in [6.07, 6.45) is 4.78. The van der Waals surface area contributed by atoms with Crippen LogP contribution in [0.25, 0.3) is 0 Å². The van der Waals surface area contributed by atoms with Crippen molar-refractivity contribution < 1.29 is 9.13 Å². The van der Waals surface area contributed by atoms with Crippen LogP contribution in [0.3, 0.4) is 0 Å². The molecule has 2 rings (SSSR count). The summed E-state index contributed by atoms with van der Waals surface area (Å²) in [7, 11) is 2.00. The zero-order valence-electron chi connectivity index (χ0n) is 13.7. The van der Waals surface area contributed by atoms with Gasteiger partial charge in [-0.3, -0.25) is 0 Å². The Balaban J connectivity index is 2.08. The first-order valence-electron chi connectivity index (χ1n) is 8.05. The molecule has 0 spiro atoms. The van der Waals surface area contributed by atoms with E-state index in [2.05, 4.69) is 26.1 Å². The Labute approximate surface area is 128 Å². The van der Waals surface area contributed by atoms with Crippen molar-refractivity contribution >= 4 is 0 Å². The Morgan fingerprint density at radius 3 is 2.48 bits per heavy atom. The number of halogens is 1. The molecule has 3 unspecified atom stereocenters. The molecule has 0 saturated heterocycles. The molecule has 3 heteroatoms. The predicted molar refractivity (Wildman–Crippen MR) is 85.1 cm³/mol. The van der Waals surface area contributed by atoms with Gasteiger partial charge in [0.2, 0.25) is 0 Å². The minimum Gasteiger partial charge on any atom is -0.489 e. The van der Waals surface area contributed by atoms with Gasteiger partial charge in [0, 0.05) is 6.04 Å². The van der Waals surface area contributed by atoms with Crippen LogP contribution in [0.15, 0.2) is 24.3 Å². The van der Waals surface area contributed by atoms with Crippen LogP contribution in [-0.2, 0) is 0 Å². The molecule has 1 N–H and O–H groups in total. The van der Waals surface area contributed by atoms with Crippen LogP contribution in [-0.4, -0.2) is 19.2 Å². The van der Waals surface area contributed by atoms with Gasteiger partial charge < -0.3 is 10.1 Å². The largest absolute Gasteiger partial charge is 0.489 e. The topological polar surface area (TPSA) is 21.3 Å². The van der Waals surface area contributed by atoms with Gasteiger partial charge in [-0.05, 0) is 61.9 Å². The van der Waals surface area contributed by atoms with Gasteiger partial charge in [-0.2, -0.15) is 0 Å². The maximum atomic E-state index is 13.0. The lowest BCUT2D eigenvalue weighted by atomic mass is 9.68. The molecular weight excluding hydrogens is 265 g/mol. The normalized spacial score (nSPS) is 26.6. The van der Waals surface area contributed by atoms with E-state index in [9.17, 15) is 4.39 Å². The highest BCUT2D eigenvalue weighted by Gasteiger charge is 2.37. The monoisotopic (exact) mass is 293 g/mol. The van der Waals surface area contributed by atoms with Gasteiger partial charge in [-0.1, -0.05) is 27.2 Å². The van der Waals surface area contributed by atoms with E-state index in [-0.39, 0.29) is 11.9 Å². The fourth-order valence-electron chi connectivity index (χ4n) is 3.28. The molecule has 1 fully saturated rings. The quantitative estimate of drug-likeness (QED) is 0.869. The minimum absolute atomic E-state index is 0.157. The van der Waals surface area contributed by atoms with Gasteiger partial charge in [0.1, 0.15) is 17.7 Å². The number of likely N-dealkylation sites (N-methyl/N-ethyl adjacent to an activating group) is 1. The first kappa shape index (κ1) is 16.3. The van der Waals surface area contributed by atoms with Gasteiger partial charge in [0.05, 0.1) is 0 Å². The van der Waals surface area contributed by atoms with Crippen LogP contribution < -0.4 is 10.1 Å². The van der Waals surface area contributed by atoms with Gasteiger partial charge in [-0.25, -0.2) is 4.39 Å². The van der Waals surface area contributed by atoms with E-state index in [4.69, 9.17) is 4.74 Å². The van der Waals surface area contributed by atoms with Gasteiger partial charge in [-0.15, -0.1) is 0 Å². The van der Waals surface area contributed by atoms with Crippen molar-refractivity contribution in [3.05, 3.63) is 30.1 Å². The second kappa shape index (κ2) is 6.78. The highest BCUT2D eigenvalue weighted by Crippen LogP contribution is 2.41. The maximum Gasteiger partial charge on any atom is 0.123 e. The third-order valence-corrected chi connectivity index (χ3v) is 5.28. The zero-order chi connectivity index (χ0) is 15.5. The molecule has 0 aromatic heterocycles. The van der Waals surface area contributed by atoms with Crippen LogP contribution in [0.2, 0.25) is 0 Å². The zero-order valence-corrected chi connectivity index (χ0v) is 13.7. The fraction of sp³-hybridized carbons (Fsp3) is 0.667. The van der Waals surface area contributed by atoms with Crippen molar-refractivity contribution in [2.24, 2.45) is 11.3 Å². The average molecular weight is 293 g/mol. The van der Waals surface area contributed by atoms with Crippen LogP contribution in [0.1, 0.15) is 46.5 Å². The van der Waals surface area contributed by atoms with E-state index in [1.807, 2.05) is 7.05 Å². The first-order valence-corrected chi connectivity index (χ1v) is 8.05. The van der Waals surface area contributed by atoms with E-state index < -0.39 is 0 Å². The Hall–Kier alpha value is -1.09. The van der Waals surface area contributed by atoms with Crippen LogP contribution in [0.5, 0.6) is 5.75 Å². The summed E-state index contributed by atoms with van der Waals surface area (Å²) < 4.78 is 19.2. The summed E-state index contributed by atoms with van der Waals surface area (Å²) in [5.41, 5.74) is 0.350. The highest BCUT2D eigenvalue weighted by molar-refractivity contribution is 5.22. The minimum atomic E-state index is -0.221. The van der Waals surface area contributed by atoms with Crippen molar-refractivity contribution in [1.29, 1.82) is 0 Å². The Kier molecular flexibility index (Phi) is 5.26. The van der Waals surface area contributed by atoms with Crippen LogP contribution in [0, 0.1) is 17.2 Å². The number of rotatable bonds is 5. The van der Waals surface area contributed by atoms with E-state index in [0.29, 0.717) is 17.4 Å². The lowest BCUT2D eigenvalue weighted by molar-refractivity contribution is 0.0414. The Morgan fingerprint density at radius 1 is 1.24 bits per heavy atom. The number of ether oxygens (including phenoxy) is 1. The lowest BCUT2D eigenvalue weighted by Gasteiger charge is -2.42. The summed E-state index contributed by atoms with van der Waals surface area (Å²) in [6.45, 7) is 6.97. The fourth-order valence-corrected chi connectivity index (χ4v) is 3.28. The molecule has 0 radical (unpaired) electrons. The smallest absolute Gasteiger partial charge is 0.123 e.